The van der Waals surface area contributed by atoms with E-state index in [1.54, 1.807) is 24.2 Å². The lowest BCUT2D eigenvalue weighted by atomic mass is 9.72. The van der Waals surface area contributed by atoms with E-state index in [0.29, 0.717) is 37.4 Å². The number of carbonyl (C=O) groups excluding carboxylic acids is 2. The van der Waals surface area contributed by atoms with Crippen LogP contribution in [-0.2, 0) is 15.0 Å². The zero-order valence-electron chi connectivity index (χ0n) is 16.9. The standard InChI is InChI=1S/C24H24N4O2/c1-18(29)28-14-12-24(13-15-28,20-10-6-3-7-11-20)23(30)27-21-16-25-22(26-17-21)19-8-4-2-5-9-19/h2-11,16-17H,12-15H2,1H3,(H,27,30). The predicted molar refractivity (Wildman–Crippen MR) is 116 cm³/mol. The molecule has 1 saturated heterocycles. The van der Waals surface area contributed by atoms with Gasteiger partial charge in [-0.05, 0) is 18.4 Å². The number of hydrogen-bond donors (Lipinski definition) is 1. The summed E-state index contributed by atoms with van der Waals surface area (Å²) in [6.45, 7) is 2.68. The Balaban J connectivity index is 1.56. The van der Waals surface area contributed by atoms with Crippen molar-refractivity contribution < 1.29 is 9.59 Å². The average molecular weight is 400 g/mol. The lowest BCUT2D eigenvalue weighted by Crippen LogP contribution is -2.50. The van der Waals surface area contributed by atoms with Crippen LogP contribution in [0.5, 0.6) is 0 Å². The molecule has 2 heterocycles. The van der Waals surface area contributed by atoms with Crippen LogP contribution in [-0.4, -0.2) is 39.8 Å². The average Bonchev–Trinajstić information content (AvgIpc) is 2.80. The molecule has 2 aromatic carbocycles. The van der Waals surface area contributed by atoms with Crippen LogP contribution in [0.3, 0.4) is 0 Å². The highest BCUT2D eigenvalue weighted by atomic mass is 16.2. The number of carbonyl (C=O) groups is 2. The first kappa shape index (κ1) is 19.8. The molecule has 0 radical (unpaired) electrons. The third-order valence-corrected chi connectivity index (χ3v) is 5.77. The van der Waals surface area contributed by atoms with E-state index in [1.165, 1.54) is 0 Å². The SMILES string of the molecule is CC(=O)N1CCC(C(=O)Nc2cnc(-c3ccccc3)nc2)(c2ccccc2)CC1. The summed E-state index contributed by atoms with van der Waals surface area (Å²) < 4.78 is 0. The van der Waals surface area contributed by atoms with Crippen LogP contribution in [0.25, 0.3) is 11.4 Å². The Hall–Kier alpha value is -3.54. The first-order valence-electron chi connectivity index (χ1n) is 10.1. The van der Waals surface area contributed by atoms with E-state index in [4.69, 9.17) is 0 Å². The van der Waals surface area contributed by atoms with Crippen LogP contribution in [0.1, 0.15) is 25.3 Å². The van der Waals surface area contributed by atoms with E-state index < -0.39 is 5.41 Å². The minimum absolute atomic E-state index is 0.0435. The fourth-order valence-corrected chi connectivity index (χ4v) is 3.99. The van der Waals surface area contributed by atoms with Gasteiger partial charge in [0.05, 0.1) is 23.5 Å². The van der Waals surface area contributed by atoms with Crippen molar-refractivity contribution >= 4 is 17.5 Å². The molecule has 1 aliphatic rings. The van der Waals surface area contributed by atoms with E-state index in [-0.39, 0.29) is 11.8 Å². The Morgan fingerprint density at radius 3 is 2.03 bits per heavy atom. The molecule has 0 saturated carbocycles. The fraction of sp³-hybridized carbons (Fsp3) is 0.250. The van der Waals surface area contributed by atoms with Crippen molar-refractivity contribution in [3.05, 3.63) is 78.6 Å². The number of anilines is 1. The molecule has 1 aromatic heterocycles. The molecule has 0 bridgehead atoms. The molecule has 0 atom stereocenters. The van der Waals surface area contributed by atoms with Crippen molar-refractivity contribution in [3.63, 3.8) is 0 Å². The van der Waals surface area contributed by atoms with E-state index >= 15 is 0 Å². The second-order valence-electron chi connectivity index (χ2n) is 7.57. The molecule has 1 fully saturated rings. The van der Waals surface area contributed by atoms with Gasteiger partial charge in [0.25, 0.3) is 0 Å². The van der Waals surface area contributed by atoms with Crippen molar-refractivity contribution in [1.82, 2.24) is 14.9 Å². The zero-order chi connectivity index (χ0) is 21.0. The van der Waals surface area contributed by atoms with Crippen LogP contribution in [0.4, 0.5) is 5.69 Å². The van der Waals surface area contributed by atoms with Gasteiger partial charge >= 0.3 is 0 Å². The maximum atomic E-state index is 13.5. The topological polar surface area (TPSA) is 75.2 Å². The molecule has 0 unspecified atom stereocenters. The maximum Gasteiger partial charge on any atom is 0.235 e. The molecule has 3 aromatic rings. The number of nitrogens with one attached hydrogen (secondary N) is 1. The Morgan fingerprint density at radius 2 is 1.47 bits per heavy atom. The maximum absolute atomic E-state index is 13.5. The highest BCUT2D eigenvalue weighted by Crippen LogP contribution is 2.37. The Kier molecular flexibility index (Phi) is 5.57. The lowest BCUT2D eigenvalue weighted by molar-refractivity contribution is -0.133. The van der Waals surface area contributed by atoms with Gasteiger partial charge in [-0.3, -0.25) is 9.59 Å². The summed E-state index contributed by atoms with van der Waals surface area (Å²) in [5.41, 5.74) is 1.76. The Labute approximate surface area is 176 Å². The van der Waals surface area contributed by atoms with E-state index in [0.717, 1.165) is 11.1 Å². The Bertz CT molecular complexity index is 1010. The number of nitrogens with zero attached hydrogens (tertiary/aromatic N) is 3. The number of benzene rings is 2. The number of rotatable bonds is 4. The number of aromatic nitrogens is 2. The third kappa shape index (κ3) is 3.94. The van der Waals surface area contributed by atoms with Gasteiger partial charge in [0.2, 0.25) is 11.8 Å². The first-order valence-corrected chi connectivity index (χ1v) is 10.1. The van der Waals surface area contributed by atoms with Crippen molar-refractivity contribution in [3.8, 4) is 11.4 Å². The van der Waals surface area contributed by atoms with Gasteiger partial charge in [-0.15, -0.1) is 0 Å². The number of hydrogen-bond acceptors (Lipinski definition) is 4. The highest BCUT2D eigenvalue weighted by molar-refractivity contribution is 5.99. The van der Waals surface area contributed by atoms with Gasteiger partial charge in [-0.1, -0.05) is 60.7 Å². The monoisotopic (exact) mass is 400 g/mol. The summed E-state index contributed by atoms with van der Waals surface area (Å²) in [5.74, 6) is 0.566. The first-order chi connectivity index (χ1) is 14.6. The van der Waals surface area contributed by atoms with E-state index in [9.17, 15) is 9.59 Å². The van der Waals surface area contributed by atoms with Crippen LogP contribution in [0, 0.1) is 0 Å². The second kappa shape index (κ2) is 8.45. The summed E-state index contributed by atoms with van der Waals surface area (Å²) in [4.78, 5) is 35.8. The van der Waals surface area contributed by atoms with E-state index in [2.05, 4.69) is 15.3 Å². The Morgan fingerprint density at radius 1 is 0.900 bits per heavy atom. The molecule has 0 aliphatic carbocycles. The largest absolute Gasteiger partial charge is 0.343 e. The number of likely N-dealkylation sites (tertiary alicyclic amines) is 1. The molecule has 2 amide bonds. The van der Waals surface area contributed by atoms with Crippen LogP contribution in [0.2, 0.25) is 0 Å². The van der Waals surface area contributed by atoms with Gasteiger partial charge in [-0.25, -0.2) is 9.97 Å². The molecule has 0 spiro atoms. The van der Waals surface area contributed by atoms with Gasteiger partial charge in [-0.2, -0.15) is 0 Å². The summed E-state index contributed by atoms with van der Waals surface area (Å²) >= 11 is 0. The van der Waals surface area contributed by atoms with Crippen LogP contribution >= 0.6 is 0 Å². The van der Waals surface area contributed by atoms with Crippen LogP contribution in [0.15, 0.2) is 73.1 Å². The summed E-state index contributed by atoms with van der Waals surface area (Å²) in [6.07, 6.45) is 4.42. The molecule has 4 rings (SSSR count). The van der Waals surface area contributed by atoms with Crippen molar-refractivity contribution in [2.75, 3.05) is 18.4 Å². The second-order valence-corrected chi connectivity index (χ2v) is 7.57. The van der Waals surface area contributed by atoms with Gasteiger partial charge in [0.1, 0.15) is 0 Å². The molecule has 1 aliphatic heterocycles. The quantitative estimate of drug-likeness (QED) is 0.725. The predicted octanol–water partition coefficient (Wildman–Crippen LogP) is 3.66. The van der Waals surface area contributed by atoms with Gasteiger partial charge in [0, 0.05) is 25.6 Å². The number of piperidine rings is 1. The molecule has 6 nitrogen and oxygen atoms in total. The fourth-order valence-electron chi connectivity index (χ4n) is 3.99. The summed E-state index contributed by atoms with van der Waals surface area (Å²) in [7, 11) is 0. The van der Waals surface area contributed by atoms with Crippen molar-refractivity contribution in [2.45, 2.75) is 25.2 Å². The molecule has 30 heavy (non-hydrogen) atoms. The minimum Gasteiger partial charge on any atom is -0.343 e. The van der Waals surface area contributed by atoms with E-state index in [1.807, 2.05) is 60.7 Å². The van der Waals surface area contributed by atoms with Gasteiger partial charge in [0.15, 0.2) is 5.82 Å². The van der Waals surface area contributed by atoms with Crippen molar-refractivity contribution in [1.29, 1.82) is 0 Å². The molecule has 6 heteroatoms. The van der Waals surface area contributed by atoms with Gasteiger partial charge < -0.3 is 10.2 Å². The summed E-state index contributed by atoms with van der Waals surface area (Å²) in [5, 5.41) is 3.01. The molecule has 1 N–H and O–H groups in total. The zero-order valence-corrected chi connectivity index (χ0v) is 16.9. The minimum atomic E-state index is -0.689. The summed E-state index contributed by atoms with van der Waals surface area (Å²) in [6, 6.07) is 19.5. The highest BCUT2D eigenvalue weighted by Gasteiger charge is 2.43. The molecular weight excluding hydrogens is 376 g/mol. The molecule has 152 valence electrons. The number of amides is 2. The normalized spacial score (nSPS) is 15.4. The van der Waals surface area contributed by atoms with Crippen molar-refractivity contribution in [2.24, 2.45) is 0 Å². The lowest BCUT2D eigenvalue weighted by Gasteiger charge is -2.40. The third-order valence-electron chi connectivity index (χ3n) is 5.77. The van der Waals surface area contributed by atoms with Crippen LogP contribution < -0.4 is 5.32 Å². The smallest absolute Gasteiger partial charge is 0.235 e. The molecular formula is C24H24N4O2.